The summed E-state index contributed by atoms with van der Waals surface area (Å²) in [5.41, 5.74) is 0. The van der Waals surface area contributed by atoms with E-state index in [2.05, 4.69) is 4.52 Å². The van der Waals surface area contributed by atoms with Gasteiger partial charge in [-0.3, -0.25) is 4.52 Å². The summed E-state index contributed by atoms with van der Waals surface area (Å²) in [6.07, 6.45) is -2.57. The van der Waals surface area contributed by atoms with Gasteiger partial charge in [-0.1, -0.05) is 0 Å². The molecule has 1 aliphatic heterocycles. The summed E-state index contributed by atoms with van der Waals surface area (Å²) in [5.74, 6) is 0. The molecule has 1 rings (SSSR count). The van der Waals surface area contributed by atoms with E-state index in [1.165, 1.54) is 7.11 Å². The monoisotopic (exact) mass is 242 g/mol. The van der Waals surface area contributed by atoms with Crippen LogP contribution in [-0.4, -0.2) is 53.0 Å². The number of aliphatic hydroxyl groups is 1. The lowest BCUT2D eigenvalue weighted by atomic mass is 10.1. The SMILES string of the molecule is COC1[C@@H](COP(=O)(O)O)O[C@@H](C)[C@H]1O. The first-order valence-electron chi connectivity index (χ1n) is 4.41. The molecule has 1 heterocycles. The molecule has 7 nitrogen and oxygen atoms in total. The molecule has 4 atom stereocenters. The second kappa shape index (κ2) is 4.88. The molecule has 90 valence electrons. The lowest BCUT2D eigenvalue weighted by Crippen LogP contribution is -2.35. The van der Waals surface area contributed by atoms with E-state index in [1.54, 1.807) is 6.92 Å². The van der Waals surface area contributed by atoms with Gasteiger partial charge in [0.25, 0.3) is 0 Å². The number of hydrogen-bond donors (Lipinski definition) is 3. The topological polar surface area (TPSA) is 105 Å². The minimum atomic E-state index is -4.51. The first-order valence-corrected chi connectivity index (χ1v) is 5.94. The standard InChI is InChI=1S/C7H15O7P/c1-4-6(8)7(12-2)5(14-4)3-13-15(9,10)11/h4-8H,3H2,1-2H3,(H2,9,10,11)/t4-,5+,6+,7?/m0/s1. The summed E-state index contributed by atoms with van der Waals surface area (Å²) < 4.78 is 24.9. The van der Waals surface area contributed by atoms with Crippen LogP contribution < -0.4 is 0 Å². The fourth-order valence-electron chi connectivity index (χ4n) is 1.52. The van der Waals surface area contributed by atoms with E-state index < -0.39 is 32.2 Å². The highest BCUT2D eigenvalue weighted by atomic mass is 31.2. The highest BCUT2D eigenvalue weighted by Gasteiger charge is 2.42. The molecule has 1 fully saturated rings. The van der Waals surface area contributed by atoms with Gasteiger partial charge in [-0.05, 0) is 6.92 Å². The number of rotatable bonds is 4. The van der Waals surface area contributed by atoms with Crippen molar-refractivity contribution < 1.29 is 33.5 Å². The van der Waals surface area contributed by atoms with Gasteiger partial charge in [-0.15, -0.1) is 0 Å². The normalized spacial score (nSPS) is 37.1. The Bertz CT molecular complexity index is 252. The lowest BCUT2D eigenvalue weighted by Gasteiger charge is -2.18. The Balaban J connectivity index is 2.52. The van der Waals surface area contributed by atoms with E-state index in [9.17, 15) is 9.67 Å². The predicted octanol–water partition coefficient (Wildman–Crippen LogP) is -0.741. The third-order valence-electron chi connectivity index (χ3n) is 2.25. The maximum Gasteiger partial charge on any atom is 0.469 e. The fourth-order valence-corrected chi connectivity index (χ4v) is 1.86. The van der Waals surface area contributed by atoms with Crippen LogP contribution in [0.2, 0.25) is 0 Å². The molecule has 0 amide bonds. The number of hydrogen-bond acceptors (Lipinski definition) is 5. The van der Waals surface area contributed by atoms with Gasteiger partial charge < -0.3 is 24.4 Å². The molecule has 0 aromatic carbocycles. The zero-order chi connectivity index (χ0) is 11.6. The fraction of sp³-hybridized carbons (Fsp3) is 1.00. The van der Waals surface area contributed by atoms with Crippen molar-refractivity contribution in [1.82, 2.24) is 0 Å². The second-order valence-electron chi connectivity index (χ2n) is 3.36. The van der Waals surface area contributed by atoms with E-state index in [-0.39, 0.29) is 6.61 Å². The molecule has 3 N–H and O–H groups in total. The van der Waals surface area contributed by atoms with Crippen molar-refractivity contribution in [2.24, 2.45) is 0 Å². The van der Waals surface area contributed by atoms with Gasteiger partial charge in [0.1, 0.15) is 18.3 Å². The van der Waals surface area contributed by atoms with Crippen LogP contribution in [0.4, 0.5) is 0 Å². The predicted molar refractivity (Wildman–Crippen MR) is 49.1 cm³/mol. The summed E-state index contributed by atoms with van der Waals surface area (Å²) in [4.78, 5) is 17.0. The smallest absolute Gasteiger partial charge is 0.388 e. The summed E-state index contributed by atoms with van der Waals surface area (Å²) in [7, 11) is -3.12. The molecule has 0 aromatic rings. The highest BCUT2D eigenvalue weighted by molar-refractivity contribution is 7.46. The van der Waals surface area contributed by atoms with Crippen molar-refractivity contribution in [3.05, 3.63) is 0 Å². The van der Waals surface area contributed by atoms with Gasteiger partial charge in [0.05, 0.1) is 12.7 Å². The second-order valence-corrected chi connectivity index (χ2v) is 4.60. The molecule has 0 bridgehead atoms. The Hall–Kier alpha value is -0.0100. The van der Waals surface area contributed by atoms with Crippen LogP contribution in [0.1, 0.15) is 6.92 Å². The summed E-state index contributed by atoms with van der Waals surface area (Å²) in [6.45, 7) is 1.33. The molecule has 0 radical (unpaired) electrons. The van der Waals surface area contributed by atoms with Crippen molar-refractivity contribution in [1.29, 1.82) is 0 Å². The maximum absolute atomic E-state index is 10.5. The van der Waals surface area contributed by atoms with Gasteiger partial charge >= 0.3 is 7.82 Å². The molecule has 1 saturated heterocycles. The average Bonchev–Trinajstić information content (AvgIpc) is 2.38. The van der Waals surface area contributed by atoms with Gasteiger partial charge in [0.2, 0.25) is 0 Å². The molecule has 1 unspecified atom stereocenters. The van der Waals surface area contributed by atoms with Crippen LogP contribution in [0, 0.1) is 0 Å². The van der Waals surface area contributed by atoms with E-state index in [0.29, 0.717) is 0 Å². The van der Waals surface area contributed by atoms with Gasteiger partial charge in [0.15, 0.2) is 0 Å². The zero-order valence-electron chi connectivity index (χ0n) is 8.44. The van der Waals surface area contributed by atoms with Crippen molar-refractivity contribution in [2.45, 2.75) is 31.3 Å². The van der Waals surface area contributed by atoms with E-state index in [4.69, 9.17) is 19.3 Å². The van der Waals surface area contributed by atoms with Crippen molar-refractivity contribution in [3.63, 3.8) is 0 Å². The van der Waals surface area contributed by atoms with Crippen LogP contribution in [0.3, 0.4) is 0 Å². The molecular formula is C7H15O7P. The zero-order valence-corrected chi connectivity index (χ0v) is 9.33. The number of phosphoric acid groups is 1. The number of ether oxygens (including phenoxy) is 2. The summed E-state index contributed by atoms with van der Waals surface area (Å²) >= 11 is 0. The maximum atomic E-state index is 10.5. The molecule has 0 saturated carbocycles. The van der Waals surface area contributed by atoms with Crippen LogP contribution in [0.15, 0.2) is 0 Å². The summed E-state index contributed by atoms with van der Waals surface area (Å²) in [5, 5.41) is 9.56. The largest absolute Gasteiger partial charge is 0.469 e. The molecule has 0 aromatic heterocycles. The van der Waals surface area contributed by atoms with Crippen LogP contribution >= 0.6 is 7.82 Å². The molecule has 8 heteroatoms. The van der Waals surface area contributed by atoms with Crippen molar-refractivity contribution >= 4 is 7.82 Å². The summed E-state index contributed by atoms with van der Waals surface area (Å²) in [6, 6.07) is 0. The van der Waals surface area contributed by atoms with E-state index in [0.717, 1.165) is 0 Å². The third kappa shape index (κ3) is 3.49. The first-order chi connectivity index (χ1) is 6.85. The third-order valence-corrected chi connectivity index (χ3v) is 2.74. The van der Waals surface area contributed by atoms with Gasteiger partial charge in [0, 0.05) is 7.11 Å². The molecule has 1 aliphatic rings. The van der Waals surface area contributed by atoms with Crippen LogP contribution in [-0.2, 0) is 18.6 Å². The molecular weight excluding hydrogens is 227 g/mol. The highest BCUT2D eigenvalue weighted by Crippen LogP contribution is 2.37. The number of phosphoric ester groups is 1. The van der Waals surface area contributed by atoms with Crippen molar-refractivity contribution in [3.8, 4) is 0 Å². The Morgan fingerprint density at radius 3 is 2.53 bits per heavy atom. The van der Waals surface area contributed by atoms with Gasteiger partial charge in [-0.2, -0.15) is 0 Å². The van der Waals surface area contributed by atoms with Crippen molar-refractivity contribution in [2.75, 3.05) is 13.7 Å². The molecule has 0 spiro atoms. The molecule has 15 heavy (non-hydrogen) atoms. The Kier molecular flexibility index (Phi) is 4.25. The van der Waals surface area contributed by atoms with Crippen LogP contribution in [0.25, 0.3) is 0 Å². The quantitative estimate of drug-likeness (QED) is 0.557. The average molecular weight is 242 g/mol. The first kappa shape index (κ1) is 13.1. The lowest BCUT2D eigenvalue weighted by molar-refractivity contribution is -0.0337. The van der Waals surface area contributed by atoms with Crippen LogP contribution in [0.5, 0.6) is 0 Å². The minimum Gasteiger partial charge on any atom is -0.388 e. The number of aliphatic hydroxyl groups excluding tert-OH is 1. The Morgan fingerprint density at radius 2 is 2.07 bits per heavy atom. The van der Waals surface area contributed by atoms with Gasteiger partial charge in [-0.25, -0.2) is 4.57 Å². The Labute approximate surface area is 87.2 Å². The Morgan fingerprint density at radius 1 is 1.47 bits per heavy atom. The van der Waals surface area contributed by atoms with E-state index in [1.807, 2.05) is 0 Å². The van der Waals surface area contributed by atoms with E-state index >= 15 is 0 Å². The number of methoxy groups -OCH3 is 1. The minimum absolute atomic E-state index is 0.315. The molecule has 0 aliphatic carbocycles.